The minimum atomic E-state index is 0.420. The second-order valence-electron chi connectivity index (χ2n) is 8.48. The zero-order valence-electron chi connectivity index (χ0n) is 14.9. The Balaban J connectivity index is 2.45. The lowest BCUT2D eigenvalue weighted by atomic mass is 9.85. The third-order valence-corrected chi connectivity index (χ3v) is 5.00. The fourth-order valence-electron chi connectivity index (χ4n) is 3.13. The Labute approximate surface area is 127 Å². The molecule has 0 amide bonds. The standard InChI is InChI=1S/C18H38N2/c1-7-18(6,14-19-13-16(2)3)15-20-11-8-9-17(4,5)10-12-20/h16,19H,7-15H2,1-6H3. The van der Waals surface area contributed by atoms with Crippen LogP contribution in [0, 0.1) is 16.7 Å². The van der Waals surface area contributed by atoms with Crippen molar-refractivity contribution in [2.45, 2.75) is 67.2 Å². The quantitative estimate of drug-likeness (QED) is 0.754. The van der Waals surface area contributed by atoms with Crippen LogP contribution in [0.3, 0.4) is 0 Å². The van der Waals surface area contributed by atoms with Crippen LogP contribution in [0.25, 0.3) is 0 Å². The summed E-state index contributed by atoms with van der Waals surface area (Å²) < 4.78 is 0. The molecule has 1 unspecified atom stereocenters. The smallest absolute Gasteiger partial charge is 0.00474 e. The fraction of sp³-hybridized carbons (Fsp3) is 1.00. The summed E-state index contributed by atoms with van der Waals surface area (Å²) in [6, 6.07) is 0. The van der Waals surface area contributed by atoms with Gasteiger partial charge in [-0.2, -0.15) is 0 Å². The highest BCUT2D eigenvalue weighted by Gasteiger charge is 2.28. The Bertz CT molecular complexity index is 273. The summed E-state index contributed by atoms with van der Waals surface area (Å²) >= 11 is 0. The molecule has 2 heteroatoms. The van der Waals surface area contributed by atoms with Gasteiger partial charge in [0.05, 0.1) is 0 Å². The van der Waals surface area contributed by atoms with E-state index in [9.17, 15) is 0 Å². The Morgan fingerprint density at radius 2 is 1.90 bits per heavy atom. The lowest BCUT2D eigenvalue weighted by molar-refractivity contribution is 0.154. The van der Waals surface area contributed by atoms with Crippen molar-refractivity contribution in [1.82, 2.24) is 10.2 Å². The van der Waals surface area contributed by atoms with Crippen LogP contribution in [0.15, 0.2) is 0 Å². The van der Waals surface area contributed by atoms with Crippen LogP contribution in [0.1, 0.15) is 67.2 Å². The Kier molecular flexibility index (Phi) is 7.00. The van der Waals surface area contributed by atoms with E-state index in [0.29, 0.717) is 10.8 Å². The van der Waals surface area contributed by atoms with Gasteiger partial charge in [0, 0.05) is 13.1 Å². The minimum Gasteiger partial charge on any atom is -0.316 e. The topological polar surface area (TPSA) is 15.3 Å². The van der Waals surface area contributed by atoms with E-state index in [2.05, 4.69) is 51.8 Å². The van der Waals surface area contributed by atoms with Crippen molar-refractivity contribution in [3.05, 3.63) is 0 Å². The normalized spacial score (nSPS) is 23.6. The summed E-state index contributed by atoms with van der Waals surface area (Å²) in [5, 5.41) is 3.67. The van der Waals surface area contributed by atoms with Crippen molar-refractivity contribution in [2.75, 3.05) is 32.7 Å². The third kappa shape index (κ3) is 6.58. The van der Waals surface area contributed by atoms with Crippen molar-refractivity contribution in [1.29, 1.82) is 0 Å². The van der Waals surface area contributed by atoms with Gasteiger partial charge in [-0.05, 0) is 62.1 Å². The van der Waals surface area contributed by atoms with Crippen LogP contribution in [-0.2, 0) is 0 Å². The zero-order chi connectivity index (χ0) is 15.2. The lowest BCUT2D eigenvalue weighted by Gasteiger charge is -2.35. The van der Waals surface area contributed by atoms with E-state index >= 15 is 0 Å². The number of nitrogens with one attached hydrogen (secondary N) is 1. The van der Waals surface area contributed by atoms with Crippen molar-refractivity contribution >= 4 is 0 Å². The van der Waals surface area contributed by atoms with E-state index in [1.165, 1.54) is 45.3 Å². The molecular weight excluding hydrogens is 244 g/mol. The maximum atomic E-state index is 3.67. The molecule has 0 aliphatic carbocycles. The van der Waals surface area contributed by atoms with E-state index in [1.54, 1.807) is 0 Å². The van der Waals surface area contributed by atoms with Gasteiger partial charge in [-0.3, -0.25) is 0 Å². The van der Waals surface area contributed by atoms with E-state index in [4.69, 9.17) is 0 Å². The van der Waals surface area contributed by atoms with Gasteiger partial charge in [0.2, 0.25) is 0 Å². The maximum Gasteiger partial charge on any atom is 0.00474 e. The molecule has 0 aromatic carbocycles. The molecule has 1 rings (SSSR count). The van der Waals surface area contributed by atoms with Crippen LogP contribution in [0.4, 0.5) is 0 Å². The number of nitrogens with zero attached hydrogens (tertiary/aromatic N) is 1. The van der Waals surface area contributed by atoms with E-state index < -0.39 is 0 Å². The third-order valence-electron chi connectivity index (χ3n) is 5.00. The van der Waals surface area contributed by atoms with Gasteiger partial charge in [-0.1, -0.05) is 41.5 Å². The first-order valence-electron chi connectivity index (χ1n) is 8.69. The Morgan fingerprint density at radius 1 is 1.20 bits per heavy atom. The van der Waals surface area contributed by atoms with Gasteiger partial charge in [-0.25, -0.2) is 0 Å². The molecule has 0 aromatic rings. The van der Waals surface area contributed by atoms with Crippen LogP contribution in [0.2, 0.25) is 0 Å². The Morgan fingerprint density at radius 3 is 2.50 bits per heavy atom. The van der Waals surface area contributed by atoms with E-state index in [0.717, 1.165) is 19.0 Å². The second-order valence-corrected chi connectivity index (χ2v) is 8.48. The molecular formula is C18H38N2. The minimum absolute atomic E-state index is 0.420. The molecule has 1 saturated heterocycles. The van der Waals surface area contributed by atoms with Gasteiger partial charge in [-0.15, -0.1) is 0 Å². The van der Waals surface area contributed by atoms with Crippen LogP contribution in [-0.4, -0.2) is 37.6 Å². The highest BCUT2D eigenvalue weighted by atomic mass is 15.1. The summed E-state index contributed by atoms with van der Waals surface area (Å²) in [5.41, 5.74) is 0.969. The highest BCUT2D eigenvalue weighted by Crippen LogP contribution is 2.31. The molecule has 2 nitrogen and oxygen atoms in total. The number of hydrogen-bond donors (Lipinski definition) is 1. The predicted molar refractivity (Wildman–Crippen MR) is 90.2 cm³/mol. The van der Waals surface area contributed by atoms with Crippen molar-refractivity contribution in [3.8, 4) is 0 Å². The van der Waals surface area contributed by atoms with Crippen molar-refractivity contribution in [2.24, 2.45) is 16.7 Å². The molecule has 1 aliphatic heterocycles. The molecule has 0 bridgehead atoms. The molecule has 0 aromatic heterocycles. The van der Waals surface area contributed by atoms with Crippen LogP contribution < -0.4 is 5.32 Å². The molecule has 1 fully saturated rings. The van der Waals surface area contributed by atoms with E-state index in [1.807, 2.05) is 0 Å². The molecule has 0 spiro atoms. The largest absolute Gasteiger partial charge is 0.316 e. The van der Waals surface area contributed by atoms with Crippen LogP contribution in [0.5, 0.6) is 0 Å². The summed E-state index contributed by atoms with van der Waals surface area (Å²) in [6.45, 7) is 20.4. The second kappa shape index (κ2) is 7.79. The van der Waals surface area contributed by atoms with Gasteiger partial charge in [0.25, 0.3) is 0 Å². The molecule has 0 radical (unpaired) electrons. The number of rotatable bonds is 7. The first-order valence-corrected chi connectivity index (χ1v) is 8.69. The first kappa shape index (κ1) is 18.0. The number of hydrogen-bond acceptors (Lipinski definition) is 2. The summed E-state index contributed by atoms with van der Waals surface area (Å²) in [4.78, 5) is 2.72. The summed E-state index contributed by atoms with van der Waals surface area (Å²) in [6.07, 6.45) is 5.37. The summed E-state index contributed by atoms with van der Waals surface area (Å²) in [5.74, 6) is 0.745. The Hall–Kier alpha value is -0.0800. The average molecular weight is 283 g/mol. The SMILES string of the molecule is CCC(C)(CNCC(C)C)CN1CCCC(C)(C)CC1. The molecule has 1 heterocycles. The number of likely N-dealkylation sites (tertiary alicyclic amines) is 1. The average Bonchev–Trinajstić information content (AvgIpc) is 2.50. The summed E-state index contributed by atoms with van der Waals surface area (Å²) in [7, 11) is 0. The molecule has 120 valence electrons. The molecule has 1 N–H and O–H groups in total. The molecule has 1 atom stereocenters. The lowest BCUT2D eigenvalue weighted by Crippen LogP contribution is -2.43. The first-order chi connectivity index (χ1) is 9.26. The van der Waals surface area contributed by atoms with Crippen molar-refractivity contribution < 1.29 is 0 Å². The van der Waals surface area contributed by atoms with Crippen molar-refractivity contribution in [3.63, 3.8) is 0 Å². The van der Waals surface area contributed by atoms with Crippen LogP contribution >= 0.6 is 0 Å². The zero-order valence-corrected chi connectivity index (χ0v) is 14.9. The van der Waals surface area contributed by atoms with Gasteiger partial charge in [0.1, 0.15) is 0 Å². The molecule has 1 aliphatic rings. The molecule has 0 saturated carbocycles. The van der Waals surface area contributed by atoms with Gasteiger partial charge >= 0.3 is 0 Å². The molecule has 20 heavy (non-hydrogen) atoms. The monoisotopic (exact) mass is 282 g/mol. The van der Waals surface area contributed by atoms with Gasteiger partial charge in [0.15, 0.2) is 0 Å². The predicted octanol–water partition coefficient (Wildman–Crippen LogP) is 4.16. The fourth-order valence-corrected chi connectivity index (χ4v) is 3.13. The van der Waals surface area contributed by atoms with E-state index in [-0.39, 0.29) is 0 Å². The highest BCUT2D eigenvalue weighted by molar-refractivity contribution is 4.83. The van der Waals surface area contributed by atoms with Gasteiger partial charge < -0.3 is 10.2 Å². The maximum absolute atomic E-state index is 3.67.